The second-order valence-corrected chi connectivity index (χ2v) is 3.13. The maximum atomic E-state index is 13.4. The molecule has 0 bridgehead atoms. The third-order valence-electron chi connectivity index (χ3n) is 2.17. The van der Waals surface area contributed by atoms with Crippen molar-refractivity contribution in [2.75, 3.05) is 18.5 Å². The van der Waals surface area contributed by atoms with Crippen LogP contribution in [0.4, 0.5) is 14.5 Å². The fourth-order valence-electron chi connectivity index (χ4n) is 1.26. The van der Waals surface area contributed by atoms with Gasteiger partial charge in [-0.2, -0.15) is 0 Å². The van der Waals surface area contributed by atoms with Crippen LogP contribution in [0.5, 0.6) is 0 Å². The van der Waals surface area contributed by atoms with Gasteiger partial charge in [0, 0.05) is 20.1 Å². The predicted octanol–water partition coefficient (Wildman–Crippen LogP) is 1.88. The molecule has 0 fully saturated rings. The molecular weight excluding hydrogens is 186 g/mol. The number of anilines is 1. The summed E-state index contributed by atoms with van der Waals surface area (Å²) < 4.78 is 26.8. The molecule has 0 amide bonds. The van der Waals surface area contributed by atoms with Gasteiger partial charge < -0.3 is 10.6 Å². The van der Waals surface area contributed by atoms with Gasteiger partial charge in [-0.3, -0.25) is 0 Å². The van der Waals surface area contributed by atoms with Gasteiger partial charge in [0.2, 0.25) is 0 Å². The third kappa shape index (κ3) is 2.01. The van der Waals surface area contributed by atoms with Crippen molar-refractivity contribution >= 4 is 5.69 Å². The van der Waals surface area contributed by atoms with Crippen molar-refractivity contribution < 1.29 is 8.78 Å². The molecule has 2 N–H and O–H groups in total. The smallest absolute Gasteiger partial charge is 0.149 e. The summed E-state index contributed by atoms with van der Waals surface area (Å²) in [5.41, 5.74) is 5.77. The molecule has 0 heterocycles. The minimum absolute atomic E-state index is 0.00435. The van der Waals surface area contributed by atoms with Gasteiger partial charge in [-0.25, -0.2) is 8.78 Å². The number of halogens is 2. The van der Waals surface area contributed by atoms with Gasteiger partial charge in [-0.05, 0) is 24.6 Å². The van der Waals surface area contributed by atoms with Crippen LogP contribution in [0.25, 0.3) is 0 Å². The van der Waals surface area contributed by atoms with E-state index in [2.05, 4.69) is 0 Å². The number of hydrogen-bond donors (Lipinski definition) is 1. The Morgan fingerprint density at radius 3 is 2.14 bits per heavy atom. The average Bonchev–Trinajstić information content (AvgIpc) is 2.16. The first kappa shape index (κ1) is 10.9. The Morgan fingerprint density at radius 2 is 1.79 bits per heavy atom. The molecule has 78 valence electrons. The van der Waals surface area contributed by atoms with Crippen molar-refractivity contribution in [1.29, 1.82) is 0 Å². The van der Waals surface area contributed by atoms with Gasteiger partial charge in [0.25, 0.3) is 0 Å². The van der Waals surface area contributed by atoms with Crippen LogP contribution in [-0.4, -0.2) is 13.6 Å². The van der Waals surface area contributed by atoms with E-state index in [1.165, 1.54) is 17.0 Å². The summed E-state index contributed by atoms with van der Waals surface area (Å²) in [5.74, 6) is -1.12. The number of hydrogen-bond acceptors (Lipinski definition) is 2. The normalized spacial score (nSPS) is 10.4. The summed E-state index contributed by atoms with van der Waals surface area (Å²) in [5, 5.41) is 0. The van der Waals surface area contributed by atoms with Crippen molar-refractivity contribution in [2.45, 2.75) is 13.5 Å². The molecule has 0 aliphatic carbocycles. The number of nitrogens with two attached hydrogens (primary N) is 1. The molecule has 1 aromatic rings. The van der Waals surface area contributed by atoms with Crippen molar-refractivity contribution in [1.82, 2.24) is 0 Å². The first-order valence-corrected chi connectivity index (χ1v) is 4.49. The lowest BCUT2D eigenvalue weighted by molar-refractivity contribution is 0.575. The minimum Gasteiger partial charge on any atom is -0.370 e. The number of benzene rings is 1. The first-order chi connectivity index (χ1) is 6.60. The van der Waals surface area contributed by atoms with Crippen LogP contribution in [0, 0.1) is 11.6 Å². The van der Waals surface area contributed by atoms with E-state index in [4.69, 9.17) is 5.73 Å². The molecule has 0 aromatic heterocycles. The van der Waals surface area contributed by atoms with Crippen LogP contribution in [0.1, 0.15) is 12.5 Å². The van der Waals surface area contributed by atoms with E-state index in [-0.39, 0.29) is 12.2 Å². The van der Waals surface area contributed by atoms with E-state index in [1.54, 1.807) is 7.05 Å². The lowest BCUT2D eigenvalue weighted by Gasteiger charge is -2.18. The third-order valence-corrected chi connectivity index (χ3v) is 2.17. The van der Waals surface area contributed by atoms with Crippen molar-refractivity contribution in [2.24, 2.45) is 5.73 Å². The van der Waals surface area contributed by atoms with Gasteiger partial charge in [0.05, 0.1) is 0 Å². The first-order valence-electron chi connectivity index (χ1n) is 4.49. The molecule has 2 nitrogen and oxygen atoms in total. The molecular formula is C10H14F2N2. The van der Waals surface area contributed by atoms with Crippen LogP contribution < -0.4 is 10.6 Å². The molecule has 0 saturated carbocycles. The Hall–Kier alpha value is -1.16. The molecule has 0 radical (unpaired) electrons. The quantitative estimate of drug-likeness (QED) is 0.807. The SMILES string of the molecule is CCN(C)c1c(F)cc(CN)cc1F. The van der Waals surface area contributed by atoms with Crippen LogP contribution in [-0.2, 0) is 6.54 Å². The molecule has 1 rings (SSSR count). The van der Waals surface area contributed by atoms with E-state index in [9.17, 15) is 8.78 Å². The Labute approximate surface area is 82.3 Å². The highest BCUT2D eigenvalue weighted by atomic mass is 19.1. The monoisotopic (exact) mass is 200 g/mol. The highest BCUT2D eigenvalue weighted by Crippen LogP contribution is 2.23. The number of rotatable bonds is 3. The molecule has 0 unspecified atom stereocenters. The summed E-state index contributed by atoms with van der Waals surface area (Å²) in [6, 6.07) is 2.54. The van der Waals surface area contributed by atoms with Crippen LogP contribution in [0.2, 0.25) is 0 Å². The molecule has 0 spiro atoms. The standard InChI is InChI=1S/C10H14F2N2/c1-3-14(2)10-8(11)4-7(6-13)5-9(10)12/h4-5H,3,6,13H2,1-2H3. The highest BCUT2D eigenvalue weighted by Gasteiger charge is 2.13. The van der Waals surface area contributed by atoms with Crippen LogP contribution >= 0.6 is 0 Å². The van der Waals surface area contributed by atoms with E-state index >= 15 is 0 Å². The molecule has 0 saturated heterocycles. The predicted molar refractivity (Wildman–Crippen MR) is 53.2 cm³/mol. The maximum Gasteiger partial charge on any atom is 0.149 e. The summed E-state index contributed by atoms with van der Waals surface area (Å²) >= 11 is 0. The fraction of sp³-hybridized carbons (Fsp3) is 0.400. The molecule has 0 atom stereocenters. The highest BCUT2D eigenvalue weighted by molar-refractivity contribution is 5.49. The zero-order valence-corrected chi connectivity index (χ0v) is 8.35. The largest absolute Gasteiger partial charge is 0.370 e. The summed E-state index contributed by atoms with van der Waals surface area (Å²) in [6.45, 7) is 2.52. The Balaban J connectivity index is 3.18. The fourth-order valence-corrected chi connectivity index (χ4v) is 1.26. The zero-order chi connectivity index (χ0) is 10.7. The van der Waals surface area contributed by atoms with Crippen molar-refractivity contribution in [3.63, 3.8) is 0 Å². The maximum absolute atomic E-state index is 13.4. The van der Waals surface area contributed by atoms with Crippen molar-refractivity contribution in [3.05, 3.63) is 29.3 Å². The Morgan fingerprint density at radius 1 is 1.29 bits per heavy atom. The minimum atomic E-state index is -0.560. The van der Waals surface area contributed by atoms with Crippen LogP contribution in [0.15, 0.2) is 12.1 Å². The molecule has 0 aliphatic heterocycles. The van der Waals surface area contributed by atoms with E-state index in [1.807, 2.05) is 6.92 Å². The second-order valence-electron chi connectivity index (χ2n) is 3.13. The van der Waals surface area contributed by atoms with Gasteiger partial charge in [0.15, 0.2) is 0 Å². The van der Waals surface area contributed by atoms with Gasteiger partial charge >= 0.3 is 0 Å². The van der Waals surface area contributed by atoms with E-state index in [0.29, 0.717) is 12.1 Å². The Bertz CT molecular complexity index is 303. The second kappa shape index (κ2) is 4.37. The van der Waals surface area contributed by atoms with Gasteiger partial charge in [-0.1, -0.05) is 0 Å². The van der Waals surface area contributed by atoms with Gasteiger partial charge in [-0.15, -0.1) is 0 Å². The average molecular weight is 200 g/mol. The summed E-state index contributed by atoms with van der Waals surface area (Å²) in [4.78, 5) is 1.52. The molecule has 4 heteroatoms. The lowest BCUT2D eigenvalue weighted by atomic mass is 10.1. The summed E-state index contributed by atoms with van der Waals surface area (Å²) in [6.07, 6.45) is 0. The zero-order valence-electron chi connectivity index (χ0n) is 8.35. The van der Waals surface area contributed by atoms with Crippen molar-refractivity contribution in [3.8, 4) is 0 Å². The van der Waals surface area contributed by atoms with Gasteiger partial charge in [0.1, 0.15) is 17.3 Å². The van der Waals surface area contributed by atoms with E-state index in [0.717, 1.165) is 0 Å². The topological polar surface area (TPSA) is 29.3 Å². The number of nitrogens with zero attached hydrogens (tertiary/aromatic N) is 1. The Kier molecular flexibility index (Phi) is 3.41. The molecule has 0 aliphatic rings. The molecule has 14 heavy (non-hydrogen) atoms. The van der Waals surface area contributed by atoms with Crippen LogP contribution in [0.3, 0.4) is 0 Å². The lowest BCUT2D eigenvalue weighted by Crippen LogP contribution is -2.19. The summed E-state index contributed by atoms with van der Waals surface area (Å²) in [7, 11) is 1.64. The molecule has 1 aromatic carbocycles. The van der Waals surface area contributed by atoms with E-state index < -0.39 is 11.6 Å².